The molecular formula is C15H13BrN2O2. The summed E-state index contributed by atoms with van der Waals surface area (Å²) in [6.45, 7) is 2.04. The number of hydrogen-bond donors (Lipinski definition) is 1. The SMILES string of the molecule is CCc1ccc(-c2noc(N)c2-c2ccc(Br)cc2)o1. The Kier molecular flexibility index (Phi) is 3.36. The fourth-order valence-corrected chi connectivity index (χ4v) is 2.33. The first kappa shape index (κ1) is 13.0. The molecule has 2 N–H and O–H groups in total. The Labute approximate surface area is 124 Å². The minimum atomic E-state index is 0.289. The second-order valence-electron chi connectivity index (χ2n) is 4.40. The number of furan rings is 1. The van der Waals surface area contributed by atoms with E-state index in [9.17, 15) is 0 Å². The van der Waals surface area contributed by atoms with Crippen LogP contribution in [0.25, 0.3) is 22.6 Å². The summed E-state index contributed by atoms with van der Waals surface area (Å²) in [5, 5.41) is 4.03. The maximum Gasteiger partial charge on any atom is 0.230 e. The molecule has 0 aliphatic rings. The summed E-state index contributed by atoms with van der Waals surface area (Å²) >= 11 is 3.41. The zero-order chi connectivity index (χ0) is 14.1. The normalized spacial score (nSPS) is 10.9. The molecule has 0 aliphatic carbocycles. The molecule has 20 heavy (non-hydrogen) atoms. The first-order valence-electron chi connectivity index (χ1n) is 6.29. The Hall–Kier alpha value is -2.01. The number of anilines is 1. The van der Waals surface area contributed by atoms with Crippen LogP contribution >= 0.6 is 15.9 Å². The fourth-order valence-electron chi connectivity index (χ4n) is 2.06. The molecule has 4 nitrogen and oxygen atoms in total. The van der Waals surface area contributed by atoms with Gasteiger partial charge in [0.05, 0.1) is 5.56 Å². The zero-order valence-corrected chi connectivity index (χ0v) is 12.5. The Morgan fingerprint density at radius 1 is 1.15 bits per heavy atom. The highest BCUT2D eigenvalue weighted by Gasteiger charge is 2.19. The number of aryl methyl sites for hydroxylation is 1. The maximum atomic E-state index is 5.91. The molecule has 5 heteroatoms. The Bertz CT molecular complexity index is 729. The number of halogens is 1. The molecule has 0 unspecified atom stereocenters. The van der Waals surface area contributed by atoms with Crippen molar-refractivity contribution in [2.45, 2.75) is 13.3 Å². The van der Waals surface area contributed by atoms with E-state index in [2.05, 4.69) is 21.1 Å². The lowest BCUT2D eigenvalue weighted by Gasteiger charge is -2.01. The minimum Gasteiger partial charge on any atom is -0.459 e. The molecule has 2 aromatic heterocycles. The second kappa shape index (κ2) is 5.17. The summed E-state index contributed by atoms with van der Waals surface area (Å²) in [5.74, 6) is 1.86. The van der Waals surface area contributed by atoms with Crippen LogP contribution in [-0.2, 0) is 6.42 Å². The number of nitrogens with zero attached hydrogens (tertiary/aromatic N) is 1. The van der Waals surface area contributed by atoms with Crippen molar-refractivity contribution in [3.8, 4) is 22.6 Å². The highest BCUT2D eigenvalue weighted by molar-refractivity contribution is 9.10. The number of nitrogens with two attached hydrogens (primary N) is 1. The highest BCUT2D eigenvalue weighted by Crippen LogP contribution is 2.37. The van der Waals surface area contributed by atoms with Gasteiger partial charge in [-0.2, -0.15) is 0 Å². The third kappa shape index (κ3) is 2.25. The molecule has 0 amide bonds. The van der Waals surface area contributed by atoms with E-state index in [1.54, 1.807) is 0 Å². The summed E-state index contributed by atoms with van der Waals surface area (Å²) in [6.07, 6.45) is 0.834. The van der Waals surface area contributed by atoms with Crippen molar-refractivity contribution in [2.24, 2.45) is 0 Å². The van der Waals surface area contributed by atoms with E-state index in [1.165, 1.54) is 0 Å². The van der Waals surface area contributed by atoms with Gasteiger partial charge in [0.2, 0.25) is 5.88 Å². The molecule has 0 aliphatic heterocycles. The predicted octanol–water partition coefficient (Wildman–Crippen LogP) is 4.51. The van der Waals surface area contributed by atoms with Gasteiger partial charge in [0.1, 0.15) is 5.76 Å². The third-order valence-corrected chi connectivity index (χ3v) is 3.62. The van der Waals surface area contributed by atoms with Gasteiger partial charge in [-0.05, 0) is 29.8 Å². The van der Waals surface area contributed by atoms with Crippen LogP contribution in [-0.4, -0.2) is 5.16 Å². The van der Waals surface area contributed by atoms with Crippen molar-refractivity contribution in [2.75, 3.05) is 5.73 Å². The van der Waals surface area contributed by atoms with Crippen molar-refractivity contribution in [1.29, 1.82) is 0 Å². The lowest BCUT2D eigenvalue weighted by molar-refractivity contribution is 0.434. The van der Waals surface area contributed by atoms with Crippen molar-refractivity contribution in [3.63, 3.8) is 0 Å². The summed E-state index contributed by atoms with van der Waals surface area (Å²) < 4.78 is 11.9. The molecule has 0 fully saturated rings. The van der Waals surface area contributed by atoms with E-state index in [1.807, 2.05) is 43.3 Å². The fraction of sp³-hybridized carbons (Fsp3) is 0.133. The van der Waals surface area contributed by atoms with Gasteiger partial charge in [0, 0.05) is 10.9 Å². The summed E-state index contributed by atoms with van der Waals surface area (Å²) in [5.41, 5.74) is 8.23. The Balaban J connectivity index is 2.11. The van der Waals surface area contributed by atoms with Crippen LogP contribution in [0.1, 0.15) is 12.7 Å². The average molecular weight is 333 g/mol. The van der Waals surface area contributed by atoms with E-state index in [-0.39, 0.29) is 5.88 Å². The molecule has 2 heterocycles. The molecule has 3 rings (SSSR count). The van der Waals surface area contributed by atoms with E-state index < -0.39 is 0 Å². The second-order valence-corrected chi connectivity index (χ2v) is 5.31. The van der Waals surface area contributed by atoms with Gasteiger partial charge >= 0.3 is 0 Å². The first-order valence-corrected chi connectivity index (χ1v) is 7.08. The van der Waals surface area contributed by atoms with Crippen molar-refractivity contribution < 1.29 is 8.94 Å². The number of benzene rings is 1. The van der Waals surface area contributed by atoms with Crippen LogP contribution in [0, 0.1) is 0 Å². The molecule has 0 saturated heterocycles. The predicted molar refractivity (Wildman–Crippen MR) is 81.1 cm³/mol. The Morgan fingerprint density at radius 3 is 2.55 bits per heavy atom. The lowest BCUT2D eigenvalue weighted by atomic mass is 10.0. The van der Waals surface area contributed by atoms with Crippen LogP contribution in [0.3, 0.4) is 0 Å². The van der Waals surface area contributed by atoms with Crippen molar-refractivity contribution in [1.82, 2.24) is 5.16 Å². The summed E-state index contributed by atoms with van der Waals surface area (Å²) in [4.78, 5) is 0. The number of hydrogen-bond acceptors (Lipinski definition) is 4. The number of aromatic nitrogens is 1. The molecule has 0 atom stereocenters. The van der Waals surface area contributed by atoms with Gasteiger partial charge in [-0.25, -0.2) is 0 Å². The topological polar surface area (TPSA) is 65.2 Å². The molecular weight excluding hydrogens is 320 g/mol. The standard InChI is InChI=1S/C15H13BrN2O2/c1-2-11-7-8-12(19-11)14-13(15(17)20-18-14)9-3-5-10(16)6-4-9/h3-8H,2,17H2,1H3. The van der Waals surface area contributed by atoms with Gasteiger partial charge in [0.25, 0.3) is 0 Å². The number of nitrogen functional groups attached to an aromatic ring is 1. The monoisotopic (exact) mass is 332 g/mol. The van der Waals surface area contributed by atoms with E-state index >= 15 is 0 Å². The van der Waals surface area contributed by atoms with Crippen molar-refractivity contribution >= 4 is 21.8 Å². The van der Waals surface area contributed by atoms with E-state index in [0.29, 0.717) is 11.5 Å². The van der Waals surface area contributed by atoms with Crippen LogP contribution in [0.4, 0.5) is 5.88 Å². The van der Waals surface area contributed by atoms with Crippen molar-refractivity contribution in [3.05, 3.63) is 46.6 Å². The third-order valence-electron chi connectivity index (χ3n) is 3.09. The first-order chi connectivity index (χ1) is 9.69. The highest BCUT2D eigenvalue weighted by atomic mass is 79.9. The summed E-state index contributed by atoms with van der Waals surface area (Å²) in [6, 6.07) is 11.6. The molecule has 0 bridgehead atoms. The molecule has 3 aromatic rings. The zero-order valence-electron chi connectivity index (χ0n) is 10.9. The van der Waals surface area contributed by atoms with Gasteiger partial charge < -0.3 is 14.7 Å². The molecule has 0 radical (unpaired) electrons. The van der Waals surface area contributed by atoms with Crippen LogP contribution in [0.2, 0.25) is 0 Å². The average Bonchev–Trinajstić information content (AvgIpc) is 3.06. The number of rotatable bonds is 3. The lowest BCUT2D eigenvalue weighted by Crippen LogP contribution is -1.87. The van der Waals surface area contributed by atoms with Gasteiger partial charge in [-0.15, -0.1) is 0 Å². The largest absolute Gasteiger partial charge is 0.459 e. The van der Waals surface area contributed by atoms with E-state index in [4.69, 9.17) is 14.7 Å². The molecule has 1 aromatic carbocycles. The van der Waals surface area contributed by atoms with Crippen LogP contribution in [0.5, 0.6) is 0 Å². The van der Waals surface area contributed by atoms with Crippen LogP contribution in [0.15, 0.2) is 49.8 Å². The van der Waals surface area contributed by atoms with Crippen LogP contribution < -0.4 is 5.73 Å². The quantitative estimate of drug-likeness (QED) is 0.766. The Morgan fingerprint density at radius 2 is 1.90 bits per heavy atom. The molecule has 0 saturated carbocycles. The maximum absolute atomic E-state index is 5.91. The molecule has 102 valence electrons. The van der Waals surface area contributed by atoms with Gasteiger partial charge in [-0.3, -0.25) is 0 Å². The van der Waals surface area contributed by atoms with Gasteiger partial charge in [-0.1, -0.05) is 40.1 Å². The van der Waals surface area contributed by atoms with Gasteiger partial charge in [0.15, 0.2) is 11.5 Å². The smallest absolute Gasteiger partial charge is 0.230 e. The molecule has 0 spiro atoms. The summed E-state index contributed by atoms with van der Waals surface area (Å²) in [7, 11) is 0. The van der Waals surface area contributed by atoms with E-state index in [0.717, 1.165) is 27.8 Å². The minimum absolute atomic E-state index is 0.289.